The SMILES string of the molecule is CCC(C)c1nnc(CN)n1CC(C)C. The molecule has 1 unspecified atom stereocenters. The summed E-state index contributed by atoms with van der Waals surface area (Å²) in [7, 11) is 0. The smallest absolute Gasteiger partial charge is 0.146 e. The zero-order chi connectivity index (χ0) is 11.4. The molecule has 4 nitrogen and oxygen atoms in total. The van der Waals surface area contributed by atoms with Crippen LogP contribution in [0.2, 0.25) is 0 Å². The zero-order valence-corrected chi connectivity index (χ0v) is 10.2. The third kappa shape index (κ3) is 2.78. The molecule has 0 spiro atoms. The first-order valence-electron chi connectivity index (χ1n) is 5.72. The molecule has 86 valence electrons. The Morgan fingerprint density at radius 1 is 1.27 bits per heavy atom. The molecule has 0 radical (unpaired) electrons. The predicted octanol–water partition coefficient (Wildman–Crippen LogP) is 1.91. The Balaban J connectivity index is 2.99. The van der Waals surface area contributed by atoms with Gasteiger partial charge in [0.05, 0.1) is 6.54 Å². The fraction of sp³-hybridized carbons (Fsp3) is 0.818. The van der Waals surface area contributed by atoms with E-state index in [0.29, 0.717) is 18.4 Å². The molecule has 15 heavy (non-hydrogen) atoms. The molecule has 1 rings (SSSR count). The molecule has 1 atom stereocenters. The maximum absolute atomic E-state index is 5.66. The molecule has 0 aliphatic heterocycles. The molecule has 0 saturated heterocycles. The van der Waals surface area contributed by atoms with E-state index in [4.69, 9.17) is 5.73 Å². The molecule has 0 saturated carbocycles. The van der Waals surface area contributed by atoms with Gasteiger partial charge in [-0.2, -0.15) is 0 Å². The Hall–Kier alpha value is -0.900. The van der Waals surface area contributed by atoms with Crippen molar-refractivity contribution in [2.45, 2.75) is 53.1 Å². The summed E-state index contributed by atoms with van der Waals surface area (Å²) < 4.78 is 2.18. The number of nitrogens with two attached hydrogens (primary N) is 1. The van der Waals surface area contributed by atoms with E-state index in [9.17, 15) is 0 Å². The highest BCUT2D eigenvalue weighted by molar-refractivity contribution is 5.01. The third-order valence-electron chi connectivity index (χ3n) is 2.64. The van der Waals surface area contributed by atoms with Crippen LogP contribution in [0.15, 0.2) is 0 Å². The van der Waals surface area contributed by atoms with Gasteiger partial charge in [0.1, 0.15) is 11.6 Å². The van der Waals surface area contributed by atoms with Crippen LogP contribution in [0.5, 0.6) is 0 Å². The van der Waals surface area contributed by atoms with Gasteiger partial charge in [-0.05, 0) is 12.3 Å². The molecule has 0 aliphatic rings. The first-order chi connectivity index (χ1) is 7.10. The van der Waals surface area contributed by atoms with Crippen LogP contribution in [-0.2, 0) is 13.1 Å². The Bertz CT molecular complexity index is 304. The minimum atomic E-state index is 0.455. The highest BCUT2D eigenvalue weighted by Gasteiger charge is 2.16. The largest absolute Gasteiger partial charge is 0.324 e. The van der Waals surface area contributed by atoms with Crippen molar-refractivity contribution >= 4 is 0 Å². The number of rotatable bonds is 5. The summed E-state index contributed by atoms with van der Waals surface area (Å²) in [5, 5.41) is 8.39. The standard InChI is InChI=1S/C11H22N4/c1-5-9(4)11-14-13-10(6-12)15(11)7-8(2)3/h8-9H,5-7,12H2,1-4H3. The van der Waals surface area contributed by atoms with Crippen molar-refractivity contribution in [2.75, 3.05) is 0 Å². The Kier molecular flexibility index (Phi) is 4.27. The Morgan fingerprint density at radius 2 is 1.93 bits per heavy atom. The topological polar surface area (TPSA) is 56.7 Å². The van der Waals surface area contributed by atoms with Crippen LogP contribution in [0, 0.1) is 5.92 Å². The minimum absolute atomic E-state index is 0.455. The van der Waals surface area contributed by atoms with E-state index < -0.39 is 0 Å². The molecule has 1 aromatic heterocycles. The van der Waals surface area contributed by atoms with Gasteiger partial charge >= 0.3 is 0 Å². The maximum atomic E-state index is 5.66. The third-order valence-corrected chi connectivity index (χ3v) is 2.64. The van der Waals surface area contributed by atoms with Crippen molar-refractivity contribution in [2.24, 2.45) is 11.7 Å². The van der Waals surface area contributed by atoms with Gasteiger partial charge < -0.3 is 10.3 Å². The summed E-state index contributed by atoms with van der Waals surface area (Å²) in [6.07, 6.45) is 1.08. The van der Waals surface area contributed by atoms with Crippen molar-refractivity contribution in [3.63, 3.8) is 0 Å². The second kappa shape index (κ2) is 5.26. The van der Waals surface area contributed by atoms with E-state index in [1.807, 2.05) is 0 Å². The van der Waals surface area contributed by atoms with E-state index in [0.717, 1.165) is 24.6 Å². The van der Waals surface area contributed by atoms with Crippen LogP contribution >= 0.6 is 0 Å². The first kappa shape index (κ1) is 12.2. The van der Waals surface area contributed by atoms with Crippen molar-refractivity contribution in [3.8, 4) is 0 Å². The molecule has 0 aromatic carbocycles. The number of aromatic nitrogens is 3. The average Bonchev–Trinajstić information content (AvgIpc) is 2.59. The Labute approximate surface area is 91.9 Å². The normalized spacial score (nSPS) is 13.5. The summed E-state index contributed by atoms with van der Waals surface area (Å²) >= 11 is 0. The van der Waals surface area contributed by atoms with Gasteiger partial charge in [0.15, 0.2) is 0 Å². The predicted molar refractivity (Wildman–Crippen MR) is 61.5 cm³/mol. The van der Waals surface area contributed by atoms with Gasteiger partial charge in [-0.25, -0.2) is 0 Å². The number of hydrogen-bond donors (Lipinski definition) is 1. The molecular weight excluding hydrogens is 188 g/mol. The van der Waals surface area contributed by atoms with E-state index in [1.54, 1.807) is 0 Å². The van der Waals surface area contributed by atoms with Gasteiger partial charge in [0, 0.05) is 12.5 Å². The van der Waals surface area contributed by atoms with Crippen LogP contribution in [0.1, 0.15) is 51.7 Å². The molecular formula is C11H22N4. The molecule has 1 aromatic rings. The minimum Gasteiger partial charge on any atom is -0.324 e. The van der Waals surface area contributed by atoms with Gasteiger partial charge in [-0.15, -0.1) is 10.2 Å². The van der Waals surface area contributed by atoms with Crippen molar-refractivity contribution in [1.29, 1.82) is 0 Å². The molecule has 2 N–H and O–H groups in total. The fourth-order valence-electron chi connectivity index (χ4n) is 1.61. The highest BCUT2D eigenvalue weighted by atomic mass is 15.3. The molecule has 0 bridgehead atoms. The molecule has 4 heteroatoms. The molecule has 0 aliphatic carbocycles. The maximum Gasteiger partial charge on any atom is 0.146 e. The fourth-order valence-corrected chi connectivity index (χ4v) is 1.61. The van der Waals surface area contributed by atoms with Crippen LogP contribution in [0.4, 0.5) is 0 Å². The van der Waals surface area contributed by atoms with E-state index in [1.165, 1.54) is 0 Å². The van der Waals surface area contributed by atoms with Crippen molar-refractivity contribution < 1.29 is 0 Å². The second-order valence-corrected chi connectivity index (χ2v) is 4.49. The summed E-state index contributed by atoms with van der Waals surface area (Å²) in [5.74, 6) is 3.02. The van der Waals surface area contributed by atoms with E-state index in [2.05, 4.69) is 42.5 Å². The average molecular weight is 210 g/mol. The van der Waals surface area contributed by atoms with Crippen LogP contribution in [0.25, 0.3) is 0 Å². The monoisotopic (exact) mass is 210 g/mol. The van der Waals surface area contributed by atoms with Crippen molar-refractivity contribution in [1.82, 2.24) is 14.8 Å². The Morgan fingerprint density at radius 3 is 2.40 bits per heavy atom. The lowest BCUT2D eigenvalue weighted by molar-refractivity contribution is 0.477. The van der Waals surface area contributed by atoms with Crippen LogP contribution in [-0.4, -0.2) is 14.8 Å². The van der Waals surface area contributed by atoms with E-state index >= 15 is 0 Å². The second-order valence-electron chi connectivity index (χ2n) is 4.49. The number of nitrogens with zero attached hydrogens (tertiary/aromatic N) is 3. The van der Waals surface area contributed by atoms with Crippen molar-refractivity contribution in [3.05, 3.63) is 11.6 Å². The lowest BCUT2D eigenvalue weighted by Crippen LogP contribution is -2.15. The summed E-state index contributed by atoms with van der Waals surface area (Å²) in [6.45, 7) is 10.2. The lowest BCUT2D eigenvalue weighted by Gasteiger charge is -2.14. The van der Waals surface area contributed by atoms with Gasteiger partial charge in [-0.3, -0.25) is 0 Å². The quantitative estimate of drug-likeness (QED) is 0.807. The van der Waals surface area contributed by atoms with Gasteiger partial charge in [0.25, 0.3) is 0 Å². The molecule has 0 amide bonds. The lowest BCUT2D eigenvalue weighted by atomic mass is 10.1. The van der Waals surface area contributed by atoms with Crippen LogP contribution < -0.4 is 5.73 Å². The zero-order valence-electron chi connectivity index (χ0n) is 10.2. The number of hydrogen-bond acceptors (Lipinski definition) is 3. The summed E-state index contributed by atoms with van der Waals surface area (Å²) in [4.78, 5) is 0. The molecule has 0 fully saturated rings. The van der Waals surface area contributed by atoms with Gasteiger partial charge in [-0.1, -0.05) is 27.7 Å². The summed E-state index contributed by atoms with van der Waals surface area (Å²) in [6, 6.07) is 0. The molecule has 1 heterocycles. The summed E-state index contributed by atoms with van der Waals surface area (Å²) in [5.41, 5.74) is 5.66. The highest BCUT2D eigenvalue weighted by Crippen LogP contribution is 2.18. The first-order valence-corrected chi connectivity index (χ1v) is 5.72. The van der Waals surface area contributed by atoms with Gasteiger partial charge in [0.2, 0.25) is 0 Å². The van der Waals surface area contributed by atoms with E-state index in [-0.39, 0.29) is 0 Å². The van der Waals surface area contributed by atoms with Crippen LogP contribution in [0.3, 0.4) is 0 Å².